The number of hydrogen-bond donors (Lipinski definition) is 1. The molecular formula is C9H18N2OS. The Bertz CT molecular complexity index is 180. The van der Waals surface area contributed by atoms with Gasteiger partial charge in [-0.25, -0.2) is 0 Å². The van der Waals surface area contributed by atoms with E-state index in [1.54, 1.807) is 11.8 Å². The highest BCUT2D eigenvalue weighted by molar-refractivity contribution is 7.99. The van der Waals surface area contributed by atoms with Crippen LogP contribution in [0.15, 0.2) is 0 Å². The van der Waals surface area contributed by atoms with Crippen LogP contribution in [-0.2, 0) is 4.79 Å². The molecule has 76 valence electrons. The van der Waals surface area contributed by atoms with E-state index in [4.69, 9.17) is 5.73 Å². The number of rotatable bonds is 3. The highest BCUT2D eigenvalue weighted by atomic mass is 32.2. The van der Waals surface area contributed by atoms with E-state index in [0.717, 1.165) is 24.6 Å². The van der Waals surface area contributed by atoms with Crippen LogP contribution >= 0.6 is 11.8 Å². The Morgan fingerprint density at radius 1 is 1.69 bits per heavy atom. The van der Waals surface area contributed by atoms with Crippen LogP contribution in [0, 0.1) is 5.92 Å². The summed E-state index contributed by atoms with van der Waals surface area (Å²) in [7, 11) is 0. The molecule has 0 radical (unpaired) electrons. The van der Waals surface area contributed by atoms with Gasteiger partial charge in [-0.1, -0.05) is 20.3 Å². The summed E-state index contributed by atoms with van der Waals surface area (Å²) in [6.07, 6.45) is 0.966. The number of nitrogens with zero attached hydrogens (tertiary/aromatic N) is 1. The third-order valence-electron chi connectivity index (χ3n) is 2.61. The third-order valence-corrected chi connectivity index (χ3v) is 3.57. The normalized spacial score (nSPS) is 21.6. The molecule has 1 rings (SSSR count). The summed E-state index contributed by atoms with van der Waals surface area (Å²) in [5.41, 5.74) is 5.85. The molecule has 1 saturated heterocycles. The highest BCUT2D eigenvalue weighted by Gasteiger charge is 2.26. The van der Waals surface area contributed by atoms with E-state index in [1.165, 1.54) is 0 Å². The van der Waals surface area contributed by atoms with Crippen molar-refractivity contribution < 1.29 is 4.79 Å². The Kier molecular flexibility index (Phi) is 4.06. The van der Waals surface area contributed by atoms with Crippen LogP contribution in [-0.4, -0.2) is 35.0 Å². The van der Waals surface area contributed by atoms with Gasteiger partial charge in [0.05, 0.1) is 11.9 Å². The third kappa shape index (κ3) is 2.61. The highest BCUT2D eigenvalue weighted by Crippen LogP contribution is 2.16. The molecule has 0 spiro atoms. The standard InChI is InChI=1S/C9H18N2OS/c1-3-7(2)8(10)9(12)11-4-5-13-6-11/h7-8H,3-6,10H2,1-2H3/t7-,8+/m1/s1. The van der Waals surface area contributed by atoms with Gasteiger partial charge in [0.15, 0.2) is 0 Å². The maximum atomic E-state index is 11.7. The Hall–Kier alpha value is -0.220. The summed E-state index contributed by atoms with van der Waals surface area (Å²) in [5.74, 6) is 2.29. The van der Waals surface area contributed by atoms with Crippen LogP contribution in [0.3, 0.4) is 0 Å². The molecule has 4 heteroatoms. The van der Waals surface area contributed by atoms with E-state index in [9.17, 15) is 4.79 Å². The van der Waals surface area contributed by atoms with Gasteiger partial charge in [0.2, 0.25) is 5.91 Å². The molecule has 2 atom stereocenters. The van der Waals surface area contributed by atoms with Crippen LogP contribution in [0.4, 0.5) is 0 Å². The van der Waals surface area contributed by atoms with Gasteiger partial charge in [0, 0.05) is 12.3 Å². The van der Waals surface area contributed by atoms with E-state index >= 15 is 0 Å². The minimum Gasteiger partial charge on any atom is -0.331 e. The van der Waals surface area contributed by atoms with Crippen LogP contribution in [0.1, 0.15) is 20.3 Å². The monoisotopic (exact) mass is 202 g/mol. The van der Waals surface area contributed by atoms with E-state index in [-0.39, 0.29) is 17.9 Å². The Balaban J connectivity index is 2.45. The number of nitrogens with two attached hydrogens (primary N) is 1. The van der Waals surface area contributed by atoms with Crippen molar-refractivity contribution in [2.24, 2.45) is 11.7 Å². The second-order valence-corrected chi connectivity index (χ2v) is 4.63. The van der Waals surface area contributed by atoms with Gasteiger partial charge >= 0.3 is 0 Å². The fourth-order valence-electron chi connectivity index (χ4n) is 1.30. The molecule has 1 amide bonds. The Morgan fingerprint density at radius 2 is 2.38 bits per heavy atom. The lowest BCUT2D eigenvalue weighted by Crippen LogP contribution is -2.45. The first-order valence-electron chi connectivity index (χ1n) is 4.79. The van der Waals surface area contributed by atoms with Crippen molar-refractivity contribution in [1.82, 2.24) is 4.90 Å². The Morgan fingerprint density at radius 3 is 2.85 bits per heavy atom. The van der Waals surface area contributed by atoms with E-state index < -0.39 is 0 Å². The fraction of sp³-hybridized carbons (Fsp3) is 0.889. The summed E-state index contributed by atoms with van der Waals surface area (Å²) < 4.78 is 0. The molecule has 2 N–H and O–H groups in total. The van der Waals surface area contributed by atoms with E-state index in [1.807, 2.05) is 11.8 Å². The number of carbonyl (C=O) groups is 1. The number of amides is 1. The van der Waals surface area contributed by atoms with Crippen molar-refractivity contribution in [1.29, 1.82) is 0 Å². The largest absolute Gasteiger partial charge is 0.331 e. The molecule has 3 nitrogen and oxygen atoms in total. The van der Waals surface area contributed by atoms with Crippen molar-refractivity contribution in [3.8, 4) is 0 Å². The van der Waals surface area contributed by atoms with Crippen molar-refractivity contribution >= 4 is 17.7 Å². The first-order valence-corrected chi connectivity index (χ1v) is 5.94. The topological polar surface area (TPSA) is 46.3 Å². The van der Waals surface area contributed by atoms with Gasteiger partial charge in [-0.3, -0.25) is 4.79 Å². The van der Waals surface area contributed by atoms with Crippen LogP contribution in [0.5, 0.6) is 0 Å². The second-order valence-electron chi connectivity index (χ2n) is 3.55. The maximum absolute atomic E-state index is 11.7. The number of hydrogen-bond acceptors (Lipinski definition) is 3. The van der Waals surface area contributed by atoms with Gasteiger partial charge in [-0.15, -0.1) is 11.8 Å². The molecule has 0 bridgehead atoms. The van der Waals surface area contributed by atoms with Crippen molar-refractivity contribution in [2.75, 3.05) is 18.2 Å². The number of carbonyl (C=O) groups excluding carboxylic acids is 1. The van der Waals surface area contributed by atoms with Gasteiger partial charge in [-0.05, 0) is 5.92 Å². The summed E-state index contributed by atoms with van der Waals surface area (Å²) in [6.45, 7) is 4.97. The summed E-state index contributed by atoms with van der Waals surface area (Å²) >= 11 is 1.80. The zero-order valence-corrected chi connectivity index (χ0v) is 9.14. The average Bonchev–Trinajstić information content (AvgIpc) is 2.67. The van der Waals surface area contributed by atoms with Gasteiger partial charge < -0.3 is 10.6 Å². The van der Waals surface area contributed by atoms with E-state index in [2.05, 4.69) is 6.92 Å². The van der Waals surface area contributed by atoms with Crippen LogP contribution < -0.4 is 5.73 Å². The molecule has 0 aromatic rings. The average molecular weight is 202 g/mol. The molecule has 0 aliphatic carbocycles. The Labute approximate surface area is 84.0 Å². The zero-order chi connectivity index (χ0) is 9.84. The lowest BCUT2D eigenvalue weighted by Gasteiger charge is -2.23. The lowest BCUT2D eigenvalue weighted by molar-refractivity contribution is -0.132. The fourth-order valence-corrected chi connectivity index (χ4v) is 2.25. The summed E-state index contributed by atoms with van der Waals surface area (Å²) in [5, 5.41) is 0. The van der Waals surface area contributed by atoms with Gasteiger partial charge in [0.1, 0.15) is 0 Å². The molecular weight excluding hydrogens is 184 g/mol. The molecule has 1 aliphatic rings. The van der Waals surface area contributed by atoms with Crippen LogP contribution in [0.2, 0.25) is 0 Å². The molecule has 1 fully saturated rings. The molecule has 1 heterocycles. The minimum absolute atomic E-state index is 0.124. The summed E-state index contributed by atoms with van der Waals surface area (Å²) in [4.78, 5) is 13.6. The van der Waals surface area contributed by atoms with E-state index in [0.29, 0.717) is 0 Å². The predicted octanol–water partition coefficient (Wildman–Crippen LogP) is 0.893. The molecule has 0 aromatic heterocycles. The molecule has 0 aromatic carbocycles. The number of thioether (sulfide) groups is 1. The first kappa shape index (κ1) is 10.9. The van der Waals surface area contributed by atoms with Crippen molar-refractivity contribution in [3.05, 3.63) is 0 Å². The smallest absolute Gasteiger partial charge is 0.240 e. The SMILES string of the molecule is CC[C@@H](C)[C@H](N)C(=O)N1CCSC1. The maximum Gasteiger partial charge on any atom is 0.240 e. The molecule has 0 unspecified atom stereocenters. The quantitative estimate of drug-likeness (QED) is 0.739. The molecule has 1 aliphatic heterocycles. The zero-order valence-electron chi connectivity index (χ0n) is 8.32. The second kappa shape index (κ2) is 4.86. The molecule has 13 heavy (non-hydrogen) atoms. The minimum atomic E-state index is -0.302. The van der Waals surface area contributed by atoms with Crippen molar-refractivity contribution in [2.45, 2.75) is 26.3 Å². The first-order chi connectivity index (χ1) is 6.16. The lowest BCUT2D eigenvalue weighted by atomic mass is 9.99. The van der Waals surface area contributed by atoms with Gasteiger partial charge in [0.25, 0.3) is 0 Å². The molecule has 0 saturated carbocycles. The predicted molar refractivity (Wildman–Crippen MR) is 56.5 cm³/mol. The van der Waals surface area contributed by atoms with Crippen molar-refractivity contribution in [3.63, 3.8) is 0 Å². The van der Waals surface area contributed by atoms with Crippen LogP contribution in [0.25, 0.3) is 0 Å². The summed E-state index contributed by atoms with van der Waals surface area (Å²) in [6, 6.07) is -0.302. The van der Waals surface area contributed by atoms with Gasteiger partial charge in [-0.2, -0.15) is 0 Å².